The molecule has 0 aliphatic carbocycles. The van der Waals surface area contributed by atoms with E-state index in [-0.39, 0.29) is 12.4 Å². The maximum atomic E-state index is 11.4. The molecule has 0 fully saturated rings. The third-order valence-electron chi connectivity index (χ3n) is 2.77. The highest BCUT2D eigenvalue weighted by molar-refractivity contribution is 5.91. The number of carbonyl (C=O) groups excluding carboxylic acids is 3. The van der Waals surface area contributed by atoms with E-state index in [0.29, 0.717) is 6.42 Å². The van der Waals surface area contributed by atoms with E-state index in [1.54, 1.807) is 6.92 Å². The van der Waals surface area contributed by atoms with Crippen molar-refractivity contribution < 1.29 is 29.0 Å². The second kappa shape index (κ2) is 7.60. The van der Waals surface area contributed by atoms with Crippen LogP contribution in [0.3, 0.4) is 0 Å². The fraction of sp³-hybridized carbons (Fsp3) is 0.583. The Bertz CT molecular complexity index is 340. The monoisotopic (exact) mass is 258 g/mol. The predicted molar refractivity (Wildman–Crippen MR) is 62.6 cm³/mol. The van der Waals surface area contributed by atoms with Gasteiger partial charge in [-0.15, -0.1) is 0 Å². The molecule has 18 heavy (non-hydrogen) atoms. The first-order valence-corrected chi connectivity index (χ1v) is 5.46. The van der Waals surface area contributed by atoms with Crippen molar-refractivity contribution in [2.24, 2.45) is 5.41 Å². The first-order chi connectivity index (χ1) is 8.41. The summed E-state index contributed by atoms with van der Waals surface area (Å²) < 4.78 is 9.13. The van der Waals surface area contributed by atoms with Crippen LogP contribution in [0.4, 0.5) is 0 Å². The molecule has 0 aromatic carbocycles. The van der Waals surface area contributed by atoms with Crippen molar-refractivity contribution in [1.29, 1.82) is 0 Å². The van der Waals surface area contributed by atoms with Crippen LogP contribution in [-0.4, -0.2) is 43.2 Å². The van der Waals surface area contributed by atoms with E-state index in [2.05, 4.69) is 4.74 Å². The molecular formula is C12H18O6. The number of esters is 2. The lowest BCUT2D eigenvalue weighted by Gasteiger charge is -2.26. The number of carbonyl (C=O) groups is 3. The lowest BCUT2D eigenvalue weighted by molar-refractivity contribution is -0.147. The molecule has 1 atom stereocenters. The molecule has 0 spiro atoms. The van der Waals surface area contributed by atoms with Crippen molar-refractivity contribution in [2.45, 2.75) is 20.3 Å². The fourth-order valence-electron chi connectivity index (χ4n) is 1.18. The summed E-state index contributed by atoms with van der Waals surface area (Å²) in [5.74, 6) is -1.70. The molecule has 0 heterocycles. The molecule has 0 aliphatic rings. The number of Topliss-reactive ketones (excluding diaryl/α,β-unsaturated/α-hetero) is 1. The molecule has 0 saturated heterocycles. The average Bonchev–Trinajstić information content (AvgIpc) is 2.37. The molecule has 1 unspecified atom stereocenters. The van der Waals surface area contributed by atoms with Crippen molar-refractivity contribution >= 4 is 17.7 Å². The van der Waals surface area contributed by atoms with E-state index in [9.17, 15) is 19.5 Å². The van der Waals surface area contributed by atoms with Crippen LogP contribution in [0.5, 0.6) is 0 Å². The van der Waals surface area contributed by atoms with Crippen molar-refractivity contribution in [1.82, 2.24) is 0 Å². The molecule has 0 amide bonds. The van der Waals surface area contributed by atoms with Gasteiger partial charge in [0.2, 0.25) is 0 Å². The van der Waals surface area contributed by atoms with Gasteiger partial charge >= 0.3 is 11.9 Å². The van der Waals surface area contributed by atoms with Crippen LogP contribution in [0.2, 0.25) is 0 Å². The van der Waals surface area contributed by atoms with Crippen LogP contribution in [0.25, 0.3) is 0 Å². The summed E-state index contributed by atoms with van der Waals surface area (Å²) in [5.41, 5.74) is -1.07. The van der Waals surface area contributed by atoms with Gasteiger partial charge in [0, 0.05) is 12.2 Å². The minimum atomic E-state index is -1.07. The Labute approximate surface area is 106 Å². The summed E-state index contributed by atoms with van der Waals surface area (Å²) in [6.07, 6.45) is 2.18. The molecule has 1 N–H and O–H groups in total. The third kappa shape index (κ3) is 4.67. The van der Waals surface area contributed by atoms with E-state index < -0.39 is 24.0 Å². The number of hydrogen-bond donors (Lipinski definition) is 1. The molecule has 6 heteroatoms. The highest BCUT2D eigenvalue weighted by atomic mass is 16.5. The molecule has 0 aromatic heterocycles. The molecule has 0 aliphatic heterocycles. The van der Waals surface area contributed by atoms with Gasteiger partial charge in [0.1, 0.15) is 12.4 Å². The summed E-state index contributed by atoms with van der Waals surface area (Å²) >= 11 is 0. The summed E-state index contributed by atoms with van der Waals surface area (Å²) in [4.78, 5) is 33.4. The van der Waals surface area contributed by atoms with E-state index >= 15 is 0 Å². The van der Waals surface area contributed by atoms with E-state index in [1.807, 2.05) is 0 Å². The molecule has 0 bridgehead atoms. The predicted octanol–water partition coefficient (Wildman–Crippen LogP) is 0.236. The normalized spacial score (nSPS) is 14.0. The topological polar surface area (TPSA) is 89.9 Å². The Hall–Kier alpha value is -1.69. The van der Waals surface area contributed by atoms with Gasteiger partial charge in [-0.1, -0.05) is 6.92 Å². The Kier molecular flexibility index (Phi) is 6.89. The van der Waals surface area contributed by atoms with Crippen LogP contribution in [-0.2, 0) is 23.9 Å². The van der Waals surface area contributed by atoms with E-state index in [0.717, 1.165) is 12.2 Å². The van der Waals surface area contributed by atoms with Gasteiger partial charge in [0.15, 0.2) is 0 Å². The van der Waals surface area contributed by atoms with E-state index in [4.69, 9.17) is 4.74 Å². The van der Waals surface area contributed by atoms with Gasteiger partial charge in [-0.2, -0.15) is 0 Å². The maximum absolute atomic E-state index is 11.4. The van der Waals surface area contributed by atoms with Crippen LogP contribution < -0.4 is 0 Å². The lowest BCUT2D eigenvalue weighted by Crippen LogP contribution is -2.38. The summed E-state index contributed by atoms with van der Waals surface area (Å²) in [7, 11) is 1.18. The number of methoxy groups -OCH3 is 1. The maximum Gasteiger partial charge on any atom is 0.331 e. The minimum absolute atomic E-state index is 0.223. The number of hydrogen-bond acceptors (Lipinski definition) is 6. The standard InChI is InChI=1S/C12H18O6/c1-4-12(7-13,9(2)14)8-18-11(16)6-5-10(15)17-3/h5-6,13H,4,7-8H2,1-3H3/b6-5+. The zero-order valence-electron chi connectivity index (χ0n) is 10.8. The molecule has 0 rings (SSSR count). The number of ether oxygens (including phenoxy) is 2. The second-order valence-corrected chi connectivity index (χ2v) is 3.81. The number of rotatable bonds is 7. The van der Waals surface area contributed by atoms with Gasteiger partial charge in [-0.25, -0.2) is 9.59 Å². The average molecular weight is 258 g/mol. The largest absolute Gasteiger partial charge is 0.466 e. The van der Waals surface area contributed by atoms with Crippen LogP contribution in [0, 0.1) is 5.41 Å². The van der Waals surface area contributed by atoms with Crippen molar-refractivity contribution in [3.05, 3.63) is 12.2 Å². The smallest absolute Gasteiger partial charge is 0.331 e. The third-order valence-corrected chi connectivity index (χ3v) is 2.77. The zero-order valence-corrected chi connectivity index (χ0v) is 10.8. The second-order valence-electron chi connectivity index (χ2n) is 3.81. The molecule has 0 aromatic rings. The Morgan fingerprint density at radius 3 is 2.17 bits per heavy atom. The van der Waals surface area contributed by atoms with Gasteiger partial charge in [-0.3, -0.25) is 4.79 Å². The van der Waals surface area contributed by atoms with Gasteiger partial charge < -0.3 is 14.6 Å². The Balaban J connectivity index is 4.46. The lowest BCUT2D eigenvalue weighted by atomic mass is 9.83. The quantitative estimate of drug-likeness (QED) is 0.519. The van der Waals surface area contributed by atoms with E-state index in [1.165, 1.54) is 14.0 Å². The molecule has 6 nitrogen and oxygen atoms in total. The summed E-state index contributed by atoms with van der Waals surface area (Å²) in [6.45, 7) is 2.43. The highest BCUT2D eigenvalue weighted by Crippen LogP contribution is 2.23. The molecule has 0 saturated carbocycles. The first-order valence-electron chi connectivity index (χ1n) is 5.46. The van der Waals surface area contributed by atoms with Crippen molar-refractivity contribution in [3.8, 4) is 0 Å². The number of aliphatic hydroxyl groups excluding tert-OH is 1. The SMILES string of the molecule is CCC(CO)(COC(=O)/C=C/C(=O)OC)C(C)=O. The summed E-state index contributed by atoms with van der Waals surface area (Å²) in [5, 5.41) is 9.21. The van der Waals surface area contributed by atoms with Gasteiger partial charge in [-0.05, 0) is 13.3 Å². The van der Waals surface area contributed by atoms with Crippen LogP contribution >= 0.6 is 0 Å². The highest BCUT2D eigenvalue weighted by Gasteiger charge is 2.34. The molecular weight excluding hydrogens is 240 g/mol. The minimum Gasteiger partial charge on any atom is -0.466 e. The Morgan fingerprint density at radius 1 is 1.22 bits per heavy atom. The fourth-order valence-corrected chi connectivity index (χ4v) is 1.18. The number of aliphatic hydroxyl groups is 1. The number of ketones is 1. The van der Waals surface area contributed by atoms with Crippen LogP contribution in [0.15, 0.2) is 12.2 Å². The summed E-state index contributed by atoms with van der Waals surface area (Å²) in [6, 6.07) is 0. The Morgan fingerprint density at radius 2 is 1.78 bits per heavy atom. The first kappa shape index (κ1) is 16.3. The van der Waals surface area contributed by atoms with Crippen LogP contribution in [0.1, 0.15) is 20.3 Å². The molecule has 102 valence electrons. The van der Waals surface area contributed by atoms with Gasteiger partial charge in [0.05, 0.1) is 19.1 Å². The molecule has 0 radical (unpaired) electrons. The van der Waals surface area contributed by atoms with Crippen molar-refractivity contribution in [2.75, 3.05) is 20.3 Å². The zero-order chi connectivity index (χ0) is 14.2. The van der Waals surface area contributed by atoms with Crippen molar-refractivity contribution in [3.63, 3.8) is 0 Å². The van der Waals surface area contributed by atoms with Gasteiger partial charge in [0.25, 0.3) is 0 Å².